The van der Waals surface area contributed by atoms with E-state index < -0.39 is 0 Å². The van der Waals surface area contributed by atoms with E-state index in [-0.39, 0.29) is 0 Å². The molecule has 1 N–H and O–H groups in total. The predicted octanol–water partition coefficient (Wildman–Crippen LogP) is 4.25. The van der Waals surface area contributed by atoms with E-state index in [9.17, 15) is 0 Å². The van der Waals surface area contributed by atoms with Crippen LogP contribution in [0, 0.1) is 11.8 Å². The second kappa shape index (κ2) is 9.08. The molecule has 1 aromatic rings. The molecule has 0 saturated heterocycles. The molecule has 0 aliphatic rings. The van der Waals surface area contributed by atoms with Gasteiger partial charge in [0, 0.05) is 23.1 Å². The molecule has 0 aromatic heterocycles. The van der Waals surface area contributed by atoms with Gasteiger partial charge in [0.25, 0.3) is 0 Å². The molecule has 0 spiro atoms. The molecule has 0 amide bonds. The van der Waals surface area contributed by atoms with Gasteiger partial charge in [-0.3, -0.25) is 0 Å². The molecule has 1 atom stereocenters. The lowest BCUT2D eigenvalue weighted by Crippen LogP contribution is -2.19. The zero-order valence-electron chi connectivity index (χ0n) is 11.6. The van der Waals surface area contributed by atoms with E-state index in [2.05, 4.69) is 55.3 Å². The van der Waals surface area contributed by atoms with Crippen molar-refractivity contribution in [1.29, 1.82) is 0 Å². The van der Waals surface area contributed by atoms with Crippen molar-refractivity contribution in [2.24, 2.45) is 0 Å². The van der Waals surface area contributed by atoms with Crippen molar-refractivity contribution >= 4 is 11.8 Å². The van der Waals surface area contributed by atoms with Crippen molar-refractivity contribution < 1.29 is 0 Å². The summed E-state index contributed by atoms with van der Waals surface area (Å²) >= 11 is 1.88. The third kappa shape index (κ3) is 5.62. The van der Waals surface area contributed by atoms with Gasteiger partial charge >= 0.3 is 0 Å². The predicted molar refractivity (Wildman–Crippen MR) is 81.9 cm³/mol. The van der Waals surface area contributed by atoms with Gasteiger partial charge in [0.05, 0.1) is 0 Å². The lowest BCUT2D eigenvalue weighted by Gasteiger charge is -2.13. The van der Waals surface area contributed by atoms with Crippen LogP contribution in [0.4, 0.5) is 0 Å². The van der Waals surface area contributed by atoms with Gasteiger partial charge in [0.2, 0.25) is 0 Å². The maximum Gasteiger partial charge on any atom is 0.0291 e. The van der Waals surface area contributed by atoms with Gasteiger partial charge in [0.1, 0.15) is 0 Å². The Hall–Kier alpha value is -0.910. The third-order valence-corrected chi connectivity index (χ3v) is 3.77. The summed E-state index contributed by atoms with van der Waals surface area (Å²) in [6.07, 6.45) is 2.15. The molecular weight excluding hydrogens is 238 g/mol. The molecule has 0 saturated carbocycles. The number of thioether (sulfide) groups is 1. The first kappa shape index (κ1) is 15.1. The van der Waals surface area contributed by atoms with Crippen LogP contribution in [0.25, 0.3) is 0 Å². The van der Waals surface area contributed by atoms with Gasteiger partial charge in [-0.2, -0.15) is 0 Å². The largest absolute Gasteiger partial charge is 0.310 e. The summed E-state index contributed by atoms with van der Waals surface area (Å²) in [5.41, 5.74) is 1.36. The van der Waals surface area contributed by atoms with E-state index in [1.807, 2.05) is 18.7 Å². The summed E-state index contributed by atoms with van der Waals surface area (Å²) in [5, 5.41) is 3.50. The second-order valence-electron chi connectivity index (χ2n) is 4.27. The smallest absolute Gasteiger partial charge is 0.0291 e. The van der Waals surface area contributed by atoms with Crippen LogP contribution in [0.15, 0.2) is 29.2 Å². The summed E-state index contributed by atoms with van der Waals surface area (Å²) in [6, 6.07) is 9.31. The van der Waals surface area contributed by atoms with Crippen LogP contribution in [-0.4, -0.2) is 12.3 Å². The molecular formula is C16H23NS. The van der Waals surface area contributed by atoms with Crippen molar-refractivity contribution in [3.8, 4) is 11.8 Å². The Kier molecular flexibility index (Phi) is 7.64. The highest BCUT2D eigenvalue weighted by Gasteiger charge is 2.03. The monoisotopic (exact) mass is 261 g/mol. The van der Waals surface area contributed by atoms with E-state index in [4.69, 9.17) is 0 Å². The first-order valence-corrected chi connectivity index (χ1v) is 7.62. The zero-order valence-corrected chi connectivity index (χ0v) is 12.4. The molecule has 0 fully saturated rings. The Morgan fingerprint density at radius 1 is 1.28 bits per heavy atom. The van der Waals surface area contributed by atoms with Gasteiger partial charge in [-0.1, -0.05) is 19.1 Å². The summed E-state index contributed by atoms with van der Waals surface area (Å²) < 4.78 is 0. The van der Waals surface area contributed by atoms with Gasteiger partial charge in [0.15, 0.2) is 0 Å². The number of hydrogen-bond donors (Lipinski definition) is 1. The summed E-state index contributed by atoms with van der Waals surface area (Å²) in [7, 11) is 0. The van der Waals surface area contributed by atoms with E-state index >= 15 is 0 Å². The summed E-state index contributed by atoms with van der Waals surface area (Å²) in [4.78, 5) is 1.33. The van der Waals surface area contributed by atoms with Crippen LogP contribution in [0.1, 0.15) is 45.2 Å². The minimum atomic E-state index is 0.440. The Labute approximate surface area is 116 Å². The van der Waals surface area contributed by atoms with Crippen LogP contribution >= 0.6 is 11.8 Å². The number of rotatable bonds is 7. The Bertz CT molecular complexity index is 386. The second-order valence-corrected chi connectivity index (χ2v) is 5.44. The molecule has 1 unspecified atom stereocenters. The van der Waals surface area contributed by atoms with Crippen LogP contribution < -0.4 is 5.32 Å². The molecule has 1 rings (SSSR count). The van der Waals surface area contributed by atoms with Crippen LogP contribution in [0.5, 0.6) is 0 Å². The quantitative estimate of drug-likeness (QED) is 0.447. The van der Waals surface area contributed by atoms with E-state index in [0.29, 0.717) is 6.04 Å². The van der Waals surface area contributed by atoms with Crippen molar-refractivity contribution in [3.63, 3.8) is 0 Å². The van der Waals surface area contributed by atoms with Crippen molar-refractivity contribution in [2.75, 3.05) is 12.3 Å². The standard InChI is InChI=1S/C16H23NS/c1-4-6-7-13-18-16-10-8-15(9-11-16)14(3)17-12-5-2/h8-11,14,17H,5,7,12-13H2,1-3H3. The molecule has 1 nitrogen and oxygen atoms in total. The van der Waals surface area contributed by atoms with Gasteiger partial charge in [-0.15, -0.1) is 23.6 Å². The lowest BCUT2D eigenvalue weighted by molar-refractivity contribution is 0.570. The fourth-order valence-corrected chi connectivity index (χ4v) is 2.44. The molecule has 0 aliphatic heterocycles. The average Bonchev–Trinajstić information content (AvgIpc) is 2.41. The average molecular weight is 261 g/mol. The minimum absolute atomic E-state index is 0.440. The highest BCUT2D eigenvalue weighted by molar-refractivity contribution is 7.99. The highest BCUT2D eigenvalue weighted by atomic mass is 32.2. The molecule has 18 heavy (non-hydrogen) atoms. The number of nitrogens with one attached hydrogen (secondary N) is 1. The van der Waals surface area contributed by atoms with Gasteiger partial charge in [-0.25, -0.2) is 0 Å². The molecule has 2 heteroatoms. The Morgan fingerprint density at radius 3 is 2.61 bits per heavy atom. The van der Waals surface area contributed by atoms with Crippen LogP contribution in [-0.2, 0) is 0 Å². The first-order chi connectivity index (χ1) is 8.77. The minimum Gasteiger partial charge on any atom is -0.310 e. The van der Waals surface area contributed by atoms with E-state index in [0.717, 1.165) is 18.7 Å². The molecule has 0 radical (unpaired) electrons. The van der Waals surface area contributed by atoms with E-state index in [1.54, 1.807) is 0 Å². The van der Waals surface area contributed by atoms with Crippen molar-refractivity contribution in [1.82, 2.24) is 5.32 Å². The molecule has 0 bridgehead atoms. The van der Waals surface area contributed by atoms with Crippen LogP contribution in [0.2, 0.25) is 0 Å². The summed E-state index contributed by atoms with van der Waals surface area (Å²) in [6.45, 7) is 7.38. The normalized spacial score (nSPS) is 11.7. The zero-order chi connectivity index (χ0) is 13.2. The third-order valence-electron chi connectivity index (χ3n) is 2.75. The fourth-order valence-electron chi connectivity index (χ4n) is 1.68. The molecule has 1 aromatic carbocycles. The van der Waals surface area contributed by atoms with Crippen LogP contribution in [0.3, 0.4) is 0 Å². The lowest BCUT2D eigenvalue weighted by atomic mass is 10.1. The topological polar surface area (TPSA) is 12.0 Å². The first-order valence-electron chi connectivity index (χ1n) is 6.63. The maximum absolute atomic E-state index is 3.50. The molecule has 98 valence electrons. The molecule has 0 heterocycles. The fraction of sp³-hybridized carbons (Fsp3) is 0.500. The van der Waals surface area contributed by atoms with Crippen molar-refractivity contribution in [3.05, 3.63) is 29.8 Å². The van der Waals surface area contributed by atoms with Gasteiger partial charge in [-0.05, 0) is 44.5 Å². The molecule has 0 aliphatic carbocycles. The number of hydrogen-bond acceptors (Lipinski definition) is 2. The Balaban J connectivity index is 2.43. The summed E-state index contributed by atoms with van der Waals surface area (Å²) in [5.74, 6) is 7.09. The van der Waals surface area contributed by atoms with E-state index in [1.165, 1.54) is 16.9 Å². The highest BCUT2D eigenvalue weighted by Crippen LogP contribution is 2.21. The Morgan fingerprint density at radius 2 is 2.00 bits per heavy atom. The van der Waals surface area contributed by atoms with Gasteiger partial charge < -0.3 is 5.32 Å². The van der Waals surface area contributed by atoms with Crippen molar-refractivity contribution in [2.45, 2.75) is 44.6 Å². The number of benzene rings is 1. The maximum atomic E-state index is 3.50. The SMILES string of the molecule is CC#CCCSc1ccc(C(C)NCCC)cc1.